The van der Waals surface area contributed by atoms with Gasteiger partial charge in [-0.3, -0.25) is 0 Å². The fourth-order valence-electron chi connectivity index (χ4n) is 7.03. The standard InChI is InChI=1S/C39H50O21/c1-13-4-16(54-37-33(51)30(48)27(45)22(10-40)58-37)7-19(25(13)43)20-8-17(55-38-34(52)31(49)28(46)23(11-41)59-38)6-15(3)36(20)57-21-9-18(5-14(2)26(21)44)56-39-35(53)32(50)29(47)24(12-42)60-39/h4-9,22-24,27-35,37-53H,10-12H2,1-3H3/t22-,23-,24-,27-,28-,29-,30+,31+,32+,33-,34-,35-,37-,38-,39-/m1/s1. The van der Waals surface area contributed by atoms with Crippen molar-refractivity contribution < 1.29 is 105 Å². The van der Waals surface area contributed by atoms with Gasteiger partial charge in [0.05, 0.1) is 19.8 Å². The normalized spacial score (nSPS) is 34.5. The zero-order valence-electron chi connectivity index (χ0n) is 32.4. The molecule has 15 atom stereocenters. The molecule has 0 radical (unpaired) electrons. The summed E-state index contributed by atoms with van der Waals surface area (Å²) in [5.41, 5.74) is 0.567. The van der Waals surface area contributed by atoms with Crippen molar-refractivity contribution in [3.8, 4) is 51.4 Å². The van der Waals surface area contributed by atoms with Crippen molar-refractivity contribution in [2.75, 3.05) is 19.8 Å². The lowest BCUT2D eigenvalue weighted by Gasteiger charge is -2.39. The maximum Gasteiger partial charge on any atom is 0.229 e. The van der Waals surface area contributed by atoms with E-state index in [1.807, 2.05) is 0 Å². The minimum absolute atomic E-state index is 0.00625. The second-order valence-electron chi connectivity index (χ2n) is 14.9. The van der Waals surface area contributed by atoms with E-state index in [-0.39, 0.29) is 62.3 Å². The quantitative estimate of drug-likeness (QED) is 0.0864. The molecule has 21 heteroatoms. The summed E-state index contributed by atoms with van der Waals surface area (Å²) in [6.07, 6.45) is -24.4. The van der Waals surface area contributed by atoms with Crippen LogP contribution in [0.2, 0.25) is 0 Å². The number of aryl methyl sites for hydroxylation is 3. The molecule has 3 fully saturated rings. The molecule has 3 saturated heterocycles. The van der Waals surface area contributed by atoms with Gasteiger partial charge < -0.3 is 105 Å². The molecule has 0 aromatic heterocycles. The van der Waals surface area contributed by atoms with Gasteiger partial charge in [-0.2, -0.15) is 0 Å². The lowest BCUT2D eigenvalue weighted by molar-refractivity contribution is -0.277. The van der Waals surface area contributed by atoms with Crippen molar-refractivity contribution in [1.29, 1.82) is 0 Å². The van der Waals surface area contributed by atoms with Gasteiger partial charge in [0, 0.05) is 17.2 Å². The Hall–Kier alpha value is -4.14. The summed E-state index contributed by atoms with van der Waals surface area (Å²) in [5, 5.41) is 145. The SMILES string of the molecule is Cc1cc(O[C@@H]2O[C@H](CO)[C@@H](O)[C@H](O)[C@H]2O)cc(Oc2c(C)cc(O[C@@H]3O[C@H](CO)[C@@H](O)[C@H](O)[C@H]3O)cc2-c2cc(O[C@@H]3O[C@H](CO)[C@@H](O)[C@H](O)[C@H]3O)cc(C)c2O)c1O. The van der Waals surface area contributed by atoms with Crippen LogP contribution in [-0.4, -0.2) is 183 Å². The third-order valence-electron chi connectivity index (χ3n) is 10.6. The van der Waals surface area contributed by atoms with Crippen LogP contribution in [0.1, 0.15) is 16.7 Å². The molecule has 0 bridgehead atoms. The van der Waals surface area contributed by atoms with Crippen LogP contribution in [0.15, 0.2) is 36.4 Å². The number of hydrogen-bond acceptors (Lipinski definition) is 21. The van der Waals surface area contributed by atoms with E-state index < -0.39 is 118 Å². The van der Waals surface area contributed by atoms with E-state index in [9.17, 15) is 71.5 Å². The van der Waals surface area contributed by atoms with E-state index in [1.165, 1.54) is 57.2 Å². The van der Waals surface area contributed by atoms with Crippen LogP contribution in [0, 0.1) is 20.8 Å². The molecule has 3 heterocycles. The third-order valence-corrected chi connectivity index (χ3v) is 10.6. The van der Waals surface area contributed by atoms with Crippen LogP contribution in [0.3, 0.4) is 0 Å². The first-order valence-corrected chi connectivity index (χ1v) is 18.8. The van der Waals surface area contributed by atoms with Crippen LogP contribution in [0.5, 0.6) is 40.2 Å². The monoisotopic (exact) mass is 854 g/mol. The minimum Gasteiger partial charge on any atom is -0.507 e. The molecule has 0 unspecified atom stereocenters. The Bertz CT molecular complexity index is 1960. The number of aliphatic hydroxyl groups excluding tert-OH is 12. The van der Waals surface area contributed by atoms with Gasteiger partial charge in [-0.05, 0) is 67.8 Å². The lowest BCUT2D eigenvalue weighted by Crippen LogP contribution is -2.60. The average Bonchev–Trinajstić information content (AvgIpc) is 3.22. The fraction of sp³-hybridized carbons (Fsp3) is 0.538. The predicted molar refractivity (Wildman–Crippen MR) is 199 cm³/mol. The molecule has 6 rings (SSSR count). The molecule has 3 aromatic carbocycles. The molecule has 0 spiro atoms. The number of aliphatic hydroxyl groups is 12. The third kappa shape index (κ3) is 8.92. The van der Waals surface area contributed by atoms with Crippen LogP contribution in [0.25, 0.3) is 11.1 Å². The number of aromatic hydroxyl groups is 2. The highest BCUT2D eigenvalue weighted by Crippen LogP contribution is 2.48. The molecule has 3 aliphatic rings. The number of phenolic OH excluding ortho intramolecular Hbond substituents is 2. The molecule has 332 valence electrons. The van der Waals surface area contributed by atoms with Gasteiger partial charge in [0.25, 0.3) is 0 Å². The van der Waals surface area contributed by atoms with Crippen LogP contribution < -0.4 is 18.9 Å². The molecule has 21 nitrogen and oxygen atoms in total. The van der Waals surface area contributed by atoms with Crippen molar-refractivity contribution in [2.45, 2.75) is 113 Å². The van der Waals surface area contributed by atoms with E-state index in [0.29, 0.717) is 0 Å². The summed E-state index contributed by atoms with van der Waals surface area (Å²) >= 11 is 0. The molecule has 0 saturated carbocycles. The first kappa shape index (κ1) is 45.4. The maximum absolute atomic E-state index is 11.5. The van der Waals surface area contributed by atoms with Crippen molar-refractivity contribution in [3.05, 3.63) is 53.1 Å². The molecular weight excluding hydrogens is 804 g/mol. The number of rotatable bonds is 12. The van der Waals surface area contributed by atoms with E-state index in [4.69, 9.17) is 33.2 Å². The summed E-state index contributed by atoms with van der Waals surface area (Å²) in [6, 6.07) is 7.91. The van der Waals surface area contributed by atoms with E-state index in [1.54, 1.807) is 0 Å². The number of hydrogen-bond donors (Lipinski definition) is 14. The van der Waals surface area contributed by atoms with Gasteiger partial charge in [0.15, 0.2) is 11.5 Å². The van der Waals surface area contributed by atoms with Crippen LogP contribution in [0.4, 0.5) is 0 Å². The summed E-state index contributed by atoms with van der Waals surface area (Å²) in [5.74, 6) is -1.28. The number of phenols is 2. The maximum atomic E-state index is 11.5. The van der Waals surface area contributed by atoms with Crippen LogP contribution >= 0.6 is 0 Å². The van der Waals surface area contributed by atoms with Gasteiger partial charge in [-0.25, -0.2) is 0 Å². The average molecular weight is 855 g/mol. The smallest absolute Gasteiger partial charge is 0.229 e. The Balaban J connectivity index is 1.42. The molecule has 60 heavy (non-hydrogen) atoms. The van der Waals surface area contributed by atoms with E-state index in [0.717, 1.165) is 0 Å². The fourth-order valence-corrected chi connectivity index (χ4v) is 7.03. The molecule has 0 aliphatic carbocycles. The number of ether oxygens (including phenoxy) is 7. The first-order chi connectivity index (χ1) is 28.4. The lowest BCUT2D eigenvalue weighted by atomic mass is 9.97. The Morgan fingerprint density at radius 3 is 1.18 bits per heavy atom. The van der Waals surface area contributed by atoms with Gasteiger partial charge in [0.1, 0.15) is 102 Å². The highest BCUT2D eigenvalue weighted by molar-refractivity contribution is 5.81. The summed E-state index contributed by atoms with van der Waals surface area (Å²) in [6.45, 7) is 2.34. The minimum atomic E-state index is -1.81. The Kier molecular flexibility index (Phi) is 14.0. The Labute approximate surface area is 341 Å². The van der Waals surface area contributed by atoms with Crippen molar-refractivity contribution >= 4 is 0 Å². The summed E-state index contributed by atoms with van der Waals surface area (Å²) in [7, 11) is 0. The van der Waals surface area contributed by atoms with Gasteiger partial charge in [0.2, 0.25) is 18.9 Å². The molecule has 0 amide bonds. The Morgan fingerprint density at radius 1 is 0.433 bits per heavy atom. The second kappa shape index (κ2) is 18.5. The first-order valence-electron chi connectivity index (χ1n) is 18.8. The highest BCUT2D eigenvalue weighted by atomic mass is 16.7. The van der Waals surface area contributed by atoms with E-state index in [2.05, 4.69) is 0 Å². The topological polar surface area (TPSA) is 348 Å². The van der Waals surface area contributed by atoms with Gasteiger partial charge in [-0.1, -0.05) is 0 Å². The molecular formula is C39H50O21. The predicted octanol–water partition coefficient (Wildman–Crippen LogP) is -2.98. The number of benzene rings is 3. The largest absolute Gasteiger partial charge is 0.507 e. The van der Waals surface area contributed by atoms with Gasteiger partial charge >= 0.3 is 0 Å². The zero-order valence-corrected chi connectivity index (χ0v) is 32.4. The summed E-state index contributed by atoms with van der Waals surface area (Å²) < 4.78 is 40.4. The van der Waals surface area contributed by atoms with Crippen molar-refractivity contribution in [3.63, 3.8) is 0 Å². The molecule has 3 aliphatic heterocycles. The zero-order chi connectivity index (χ0) is 43.9. The van der Waals surface area contributed by atoms with Crippen molar-refractivity contribution in [2.24, 2.45) is 0 Å². The van der Waals surface area contributed by atoms with Crippen LogP contribution in [-0.2, 0) is 14.2 Å². The van der Waals surface area contributed by atoms with E-state index >= 15 is 0 Å². The molecule has 14 N–H and O–H groups in total. The van der Waals surface area contributed by atoms with Gasteiger partial charge in [-0.15, -0.1) is 0 Å². The molecule has 3 aromatic rings. The second-order valence-corrected chi connectivity index (χ2v) is 14.9. The highest BCUT2D eigenvalue weighted by Gasteiger charge is 2.47. The Morgan fingerprint density at radius 2 is 0.783 bits per heavy atom. The summed E-state index contributed by atoms with van der Waals surface area (Å²) in [4.78, 5) is 0. The van der Waals surface area contributed by atoms with Crippen molar-refractivity contribution in [1.82, 2.24) is 0 Å².